The van der Waals surface area contributed by atoms with Gasteiger partial charge in [-0.1, -0.05) is 0 Å². The molecule has 1 unspecified atom stereocenters. The molecule has 0 fully saturated rings. The van der Waals surface area contributed by atoms with Crippen molar-refractivity contribution in [2.24, 2.45) is 0 Å². The molecule has 0 aliphatic rings. The Morgan fingerprint density at radius 2 is 2.08 bits per heavy atom. The Morgan fingerprint density at radius 1 is 1.46 bits per heavy atom. The molecule has 0 aromatic carbocycles. The van der Waals surface area contributed by atoms with E-state index in [2.05, 4.69) is 15.4 Å². The van der Waals surface area contributed by atoms with Crippen molar-refractivity contribution < 1.29 is 14.3 Å². The first-order valence-electron chi connectivity index (χ1n) is 4.22. The summed E-state index contributed by atoms with van der Waals surface area (Å²) in [7, 11) is 1.55. The Balaban J connectivity index is 3.63. The molecule has 0 bridgehead atoms. The van der Waals surface area contributed by atoms with Gasteiger partial charge in [0.2, 0.25) is 5.91 Å². The van der Waals surface area contributed by atoms with Crippen LogP contribution in [0.25, 0.3) is 0 Å². The van der Waals surface area contributed by atoms with E-state index in [0.29, 0.717) is 6.61 Å². The van der Waals surface area contributed by atoms with Crippen molar-refractivity contribution >= 4 is 11.9 Å². The third-order valence-corrected chi connectivity index (χ3v) is 1.50. The lowest BCUT2D eigenvalue weighted by molar-refractivity contribution is -0.142. The molecule has 5 nitrogen and oxygen atoms in total. The molecule has 76 valence electrons. The monoisotopic (exact) mass is 188 g/mol. The van der Waals surface area contributed by atoms with Crippen LogP contribution in [0.2, 0.25) is 0 Å². The van der Waals surface area contributed by atoms with Crippen molar-refractivity contribution in [1.29, 1.82) is 0 Å². The minimum atomic E-state index is -0.380. The molecule has 0 aliphatic carbocycles. The van der Waals surface area contributed by atoms with E-state index in [-0.39, 0.29) is 24.5 Å². The zero-order valence-electron chi connectivity index (χ0n) is 8.22. The quantitative estimate of drug-likeness (QED) is 0.558. The van der Waals surface area contributed by atoms with E-state index in [1.54, 1.807) is 20.9 Å². The zero-order valence-corrected chi connectivity index (χ0v) is 8.22. The molecular weight excluding hydrogens is 172 g/mol. The lowest BCUT2D eigenvalue weighted by Crippen LogP contribution is -2.43. The van der Waals surface area contributed by atoms with Crippen LogP contribution in [0.15, 0.2) is 0 Å². The van der Waals surface area contributed by atoms with Gasteiger partial charge in [0, 0.05) is 7.05 Å². The molecule has 1 amide bonds. The molecule has 0 aliphatic heterocycles. The lowest BCUT2D eigenvalue weighted by atomic mass is 10.3. The highest BCUT2D eigenvalue weighted by Gasteiger charge is 2.11. The third-order valence-electron chi connectivity index (χ3n) is 1.50. The van der Waals surface area contributed by atoms with Crippen molar-refractivity contribution in [3.63, 3.8) is 0 Å². The summed E-state index contributed by atoms with van der Waals surface area (Å²) in [5.74, 6) is -0.498. The highest BCUT2D eigenvalue weighted by atomic mass is 16.5. The second-order valence-corrected chi connectivity index (χ2v) is 2.52. The fourth-order valence-corrected chi connectivity index (χ4v) is 0.758. The highest BCUT2D eigenvalue weighted by Crippen LogP contribution is 1.82. The number of carbonyl (C=O) groups is 2. The zero-order chi connectivity index (χ0) is 10.3. The number of likely N-dealkylation sites (N-methyl/N-ethyl adjacent to an activating group) is 1. The lowest BCUT2D eigenvalue weighted by Gasteiger charge is -2.10. The maximum atomic E-state index is 11.0. The Hall–Kier alpha value is -1.10. The van der Waals surface area contributed by atoms with Crippen molar-refractivity contribution in [3.05, 3.63) is 0 Å². The van der Waals surface area contributed by atoms with E-state index in [1.165, 1.54) is 0 Å². The van der Waals surface area contributed by atoms with Gasteiger partial charge in [-0.15, -0.1) is 0 Å². The van der Waals surface area contributed by atoms with E-state index in [0.717, 1.165) is 0 Å². The second kappa shape index (κ2) is 6.42. The minimum absolute atomic E-state index is 0.0580. The SMILES string of the molecule is CCOC(=O)CNC(C)C(=O)NC. The number of amides is 1. The molecule has 13 heavy (non-hydrogen) atoms. The number of hydrogen-bond donors (Lipinski definition) is 2. The summed E-state index contributed by atoms with van der Waals surface area (Å²) in [6.07, 6.45) is 0. The Bertz CT molecular complexity index is 182. The summed E-state index contributed by atoms with van der Waals surface area (Å²) in [6.45, 7) is 3.83. The predicted octanol–water partition coefficient (Wildman–Crippen LogP) is -0.726. The number of hydrogen-bond acceptors (Lipinski definition) is 4. The fourth-order valence-electron chi connectivity index (χ4n) is 0.758. The number of carbonyl (C=O) groups excluding carboxylic acids is 2. The summed E-state index contributed by atoms with van der Waals surface area (Å²) in [6, 6.07) is -0.380. The molecule has 1 atom stereocenters. The molecule has 2 N–H and O–H groups in total. The van der Waals surface area contributed by atoms with Crippen LogP contribution in [0.3, 0.4) is 0 Å². The van der Waals surface area contributed by atoms with E-state index in [4.69, 9.17) is 0 Å². The van der Waals surface area contributed by atoms with Gasteiger partial charge in [0.25, 0.3) is 0 Å². The maximum absolute atomic E-state index is 11.0. The van der Waals surface area contributed by atoms with Gasteiger partial charge >= 0.3 is 5.97 Å². The fraction of sp³-hybridized carbons (Fsp3) is 0.750. The Morgan fingerprint density at radius 3 is 2.54 bits per heavy atom. The number of rotatable bonds is 5. The smallest absolute Gasteiger partial charge is 0.319 e. The number of esters is 1. The maximum Gasteiger partial charge on any atom is 0.319 e. The molecule has 0 saturated carbocycles. The summed E-state index contributed by atoms with van der Waals surface area (Å²) in [4.78, 5) is 21.8. The van der Waals surface area contributed by atoms with Gasteiger partial charge in [0.1, 0.15) is 0 Å². The summed E-state index contributed by atoms with van der Waals surface area (Å²) in [5, 5.41) is 5.20. The molecule has 0 saturated heterocycles. The van der Waals surface area contributed by atoms with Gasteiger partial charge in [0.05, 0.1) is 19.2 Å². The first-order chi connectivity index (χ1) is 6.11. The highest BCUT2D eigenvalue weighted by molar-refractivity contribution is 5.81. The molecule has 0 radical (unpaired) electrons. The van der Waals surface area contributed by atoms with Gasteiger partial charge in [-0.05, 0) is 13.8 Å². The molecule has 0 aromatic rings. The molecule has 0 spiro atoms. The molecule has 0 heterocycles. The first kappa shape index (κ1) is 11.9. The van der Waals surface area contributed by atoms with Crippen LogP contribution in [0, 0.1) is 0 Å². The Kier molecular flexibility index (Phi) is 5.88. The largest absolute Gasteiger partial charge is 0.465 e. The molecular formula is C8H16N2O3. The van der Waals surface area contributed by atoms with Crippen molar-refractivity contribution in [2.75, 3.05) is 20.2 Å². The van der Waals surface area contributed by atoms with E-state index >= 15 is 0 Å². The number of nitrogens with one attached hydrogen (secondary N) is 2. The van der Waals surface area contributed by atoms with Gasteiger partial charge in [0.15, 0.2) is 0 Å². The number of ether oxygens (including phenoxy) is 1. The van der Waals surface area contributed by atoms with Crippen LogP contribution < -0.4 is 10.6 Å². The first-order valence-corrected chi connectivity index (χ1v) is 4.22. The van der Waals surface area contributed by atoms with Crippen LogP contribution in [0.1, 0.15) is 13.8 Å². The summed E-state index contributed by atoms with van der Waals surface area (Å²) in [5.41, 5.74) is 0. The Labute approximate surface area is 77.8 Å². The molecule has 0 aromatic heterocycles. The molecule has 0 rings (SSSR count). The van der Waals surface area contributed by atoms with Crippen molar-refractivity contribution in [2.45, 2.75) is 19.9 Å². The van der Waals surface area contributed by atoms with Crippen LogP contribution in [-0.4, -0.2) is 38.1 Å². The summed E-state index contributed by atoms with van der Waals surface area (Å²) < 4.78 is 4.67. The average molecular weight is 188 g/mol. The molecule has 5 heteroatoms. The van der Waals surface area contributed by atoms with Gasteiger partial charge in [-0.25, -0.2) is 0 Å². The van der Waals surface area contributed by atoms with Gasteiger partial charge in [-0.3, -0.25) is 14.9 Å². The minimum Gasteiger partial charge on any atom is -0.465 e. The van der Waals surface area contributed by atoms with Gasteiger partial charge in [-0.2, -0.15) is 0 Å². The van der Waals surface area contributed by atoms with Gasteiger partial charge < -0.3 is 10.1 Å². The van der Waals surface area contributed by atoms with Crippen LogP contribution in [0.5, 0.6) is 0 Å². The summed E-state index contributed by atoms with van der Waals surface area (Å²) >= 11 is 0. The van der Waals surface area contributed by atoms with E-state index in [9.17, 15) is 9.59 Å². The van der Waals surface area contributed by atoms with Crippen LogP contribution >= 0.6 is 0 Å². The average Bonchev–Trinajstić information content (AvgIpc) is 2.13. The van der Waals surface area contributed by atoms with Crippen LogP contribution in [-0.2, 0) is 14.3 Å². The van der Waals surface area contributed by atoms with Crippen LogP contribution in [0.4, 0.5) is 0 Å². The predicted molar refractivity (Wildman–Crippen MR) is 48.2 cm³/mol. The van der Waals surface area contributed by atoms with E-state index < -0.39 is 0 Å². The topological polar surface area (TPSA) is 67.4 Å². The van der Waals surface area contributed by atoms with Crippen molar-refractivity contribution in [3.8, 4) is 0 Å². The van der Waals surface area contributed by atoms with E-state index in [1.807, 2.05) is 0 Å². The van der Waals surface area contributed by atoms with Crippen molar-refractivity contribution in [1.82, 2.24) is 10.6 Å². The second-order valence-electron chi connectivity index (χ2n) is 2.52. The standard InChI is InChI=1S/C8H16N2O3/c1-4-13-7(11)5-10-6(2)8(12)9-3/h6,10H,4-5H2,1-3H3,(H,9,12). The third kappa shape index (κ3) is 5.19. The normalized spacial score (nSPS) is 11.9.